The van der Waals surface area contributed by atoms with Gasteiger partial charge in [-0.05, 0) is 85.0 Å². The van der Waals surface area contributed by atoms with Gasteiger partial charge in [-0.3, -0.25) is 0 Å². The van der Waals surface area contributed by atoms with Gasteiger partial charge in [0, 0.05) is 35.2 Å². The van der Waals surface area contributed by atoms with E-state index < -0.39 is 36.4 Å². The van der Waals surface area contributed by atoms with Crippen LogP contribution >= 0.6 is 0 Å². The van der Waals surface area contributed by atoms with E-state index in [1.165, 1.54) is 22.9 Å². The van der Waals surface area contributed by atoms with Gasteiger partial charge in [0.25, 0.3) is 0 Å². The second-order valence-electron chi connectivity index (χ2n) is 10.8. The normalized spacial score (nSPS) is 13.8. The van der Waals surface area contributed by atoms with Gasteiger partial charge in [0.05, 0.1) is 12.3 Å². The van der Waals surface area contributed by atoms with Crippen molar-refractivity contribution < 1.29 is 45.0 Å². The Bertz CT molecular complexity index is 1860. The molecule has 2 heterocycles. The third-order valence-corrected chi connectivity index (χ3v) is 7.50. The largest absolute Gasteiger partial charge is 0.573 e. The summed E-state index contributed by atoms with van der Waals surface area (Å²) in [6.07, 6.45) is -8.22. The van der Waals surface area contributed by atoms with Gasteiger partial charge in [-0.2, -0.15) is 18.3 Å². The van der Waals surface area contributed by atoms with Crippen molar-refractivity contribution in [3.63, 3.8) is 0 Å². The molecular formula is C32H24F7N3O3. The average molecular weight is 632 g/mol. The molecule has 2 aromatic heterocycles. The monoisotopic (exact) mass is 631 g/mol. The van der Waals surface area contributed by atoms with Gasteiger partial charge < -0.3 is 14.3 Å². The number of benzene rings is 3. The van der Waals surface area contributed by atoms with Gasteiger partial charge in [-0.1, -0.05) is 12.1 Å². The maximum absolute atomic E-state index is 14.9. The Balaban J connectivity index is 1.56. The number of aryl methyl sites for hydroxylation is 2. The van der Waals surface area contributed by atoms with Gasteiger partial charge in [0.15, 0.2) is 17.3 Å². The smallest absolute Gasteiger partial charge is 0.440 e. The van der Waals surface area contributed by atoms with Crippen LogP contribution in [0, 0.1) is 19.7 Å². The molecule has 6 rings (SSSR count). The summed E-state index contributed by atoms with van der Waals surface area (Å²) in [5.41, 5.74) is 1.89. The summed E-state index contributed by atoms with van der Waals surface area (Å²) in [5.74, 6) is -0.904. The van der Waals surface area contributed by atoms with Gasteiger partial charge >= 0.3 is 12.5 Å². The van der Waals surface area contributed by atoms with Crippen LogP contribution in [-0.2, 0) is 12.8 Å². The highest BCUT2D eigenvalue weighted by atomic mass is 19.4. The molecule has 234 valence electrons. The Morgan fingerprint density at radius 2 is 1.60 bits per heavy atom. The molecule has 1 saturated carbocycles. The molecule has 6 nitrogen and oxygen atoms in total. The van der Waals surface area contributed by atoms with E-state index >= 15 is 0 Å². The van der Waals surface area contributed by atoms with Crippen molar-refractivity contribution in [1.82, 2.24) is 14.8 Å². The number of ether oxygens (including phenoxy) is 1. The number of oxazole rings is 1. The van der Waals surface area contributed by atoms with Gasteiger partial charge in [-0.15, -0.1) is 13.2 Å². The average Bonchev–Trinajstić information content (AvgIpc) is 3.57. The van der Waals surface area contributed by atoms with Gasteiger partial charge in [-0.25, -0.2) is 14.1 Å². The fraction of sp³-hybridized carbons (Fsp3) is 0.250. The summed E-state index contributed by atoms with van der Waals surface area (Å²) in [4.78, 5) is 4.52. The molecule has 0 bridgehead atoms. The van der Waals surface area contributed by atoms with Crippen molar-refractivity contribution >= 4 is 0 Å². The Labute approximate surface area is 251 Å². The second kappa shape index (κ2) is 11.1. The summed E-state index contributed by atoms with van der Waals surface area (Å²) in [6.45, 7) is 2.69. The molecule has 0 atom stereocenters. The first-order valence-electron chi connectivity index (χ1n) is 13.8. The molecule has 3 aromatic carbocycles. The molecule has 5 aromatic rings. The predicted octanol–water partition coefficient (Wildman–Crippen LogP) is 8.90. The highest BCUT2D eigenvalue weighted by Crippen LogP contribution is 2.45. The summed E-state index contributed by atoms with van der Waals surface area (Å²) >= 11 is 0. The summed E-state index contributed by atoms with van der Waals surface area (Å²) < 4.78 is 106. The molecule has 0 saturated heterocycles. The number of nitrogens with zero attached hydrogens (tertiary/aromatic N) is 3. The number of rotatable bonds is 7. The van der Waals surface area contributed by atoms with Crippen molar-refractivity contribution in [2.45, 2.75) is 51.8 Å². The van der Waals surface area contributed by atoms with Gasteiger partial charge in [0.1, 0.15) is 17.3 Å². The number of alkyl halides is 6. The zero-order chi connectivity index (χ0) is 32.3. The first-order chi connectivity index (χ1) is 21.2. The van der Waals surface area contributed by atoms with E-state index in [1.54, 1.807) is 38.1 Å². The minimum atomic E-state index is -4.89. The van der Waals surface area contributed by atoms with Crippen molar-refractivity contribution in [3.05, 3.63) is 94.9 Å². The van der Waals surface area contributed by atoms with Crippen LogP contribution in [0.4, 0.5) is 30.7 Å². The molecule has 45 heavy (non-hydrogen) atoms. The Morgan fingerprint density at radius 3 is 2.20 bits per heavy atom. The first kappa shape index (κ1) is 30.4. The second-order valence-corrected chi connectivity index (χ2v) is 10.8. The maximum Gasteiger partial charge on any atom is 0.573 e. The van der Waals surface area contributed by atoms with E-state index in [2.05, 4.69) is 14.8 Å². The van der Waals surface area contributed by atoms with E-state index in [1.807, 2.05) is 0 Å². The van der Waals surface area contributed by atoms with Crippen LogP contribution in [0.2, 0.25) is 0 Å². The van der Waals surface area contributed by atoms with Crippen molar-refractivity contribution in [2.75, 3.05) is 0 Å². The predicted molar refractivity (Wildman–Crippen MR) is 149 cm³/mol. The van der Waals surface area contributed by atoms with Crippen molar-refractivity contribution in [3.8, 4) is 45.1 Å². The van der Waals surface area contributed by atoms with Crippen LogP contribution < -0.4 is 4.74 Å². The van der Waals surface area contributed by atoms with E-state index in [4.69, 9.17) is 4.42 Å². The highest BCUT2D eigenvalue weighted by molar-refractivity contribution is 5.85. The van der Waals surface area contributed by atoms with Crippen LogP contribution in [0.1, 0.15) is 47.2 Å². The van der Waals surface area contributed by atoms with E-state index in [9.17, 15) is 35.8 Å². The number of aromatic nitrogens is 3. The molecule has 0 spiro atoms. The minimum Gasteiger partial charge on any atom is -0.440 e. The number of aliphatic hydroxyl groups excluding tert-OH is 1. The van der Waals surface area contributed by atoms with E-state index in [-0.39, 0.29) is 40.1 Å². The lowest BCUT2D eigenvalue weighted by atomic mass is 9.95. The SMILES string of the molecule is Cc1nc(-c2cc(-c3cc(C)c(CO)c(F)c3)ccc2-n2nc(C(F)(F)F)cc2C2CC2)c(-c2ccc(OC(F)(F)F)cc2)o1. The van der Waals surface area contributed by atoms with E-state index in [0.29, 0.717) is 40.8 Å². The summed E-state index contributed by atoms with van der Waals surface area (Å²) in [5, 5.41) is 13.5. The summed E-state index contributed by atoms with van der Waals surface area (Å²) in [6, 6.07) is 13.6. The van der Waals surface area contributed by atoms with Crippen molar-refractivity contribution in [2.24, 2.45) is 0 Å². The minimum absolute atomic E-state index is 0.133. The highest BCUT2D eigenvalue weighted by Gasteiger charge is 2.39. The Hall–Kier alpha value is -4.65. The Morgan fingerprint density at radius 1 is 0.911 bits per heavy atom. The van der Waals surface area contributed by atoms with Gasteiger partial charge in [0.2, 0.25) is 0 Å². The quantitative estimate of drug-likeness (QED) is 0.182. The van der Waals surface area contributed by atoms with Crippen LogP contribution in [0.3, 0.4) is 0 Å². The van der Waals surface area contributed by atoms with Crippen LogP contribution in [0.25, 0.3) is 39.4 Å². The molecule has 1 aliphatic rings. The van der Waals surface area contributed by atoms with Crippen molar-refractivity contribution in [1.29, 1.82) is 0 Å². The third kappa shape index (κ3) is 6.17. The lowest BCUT2D eigenvalue weighted by Gasteiger charge is -2.15. The number of halogens is 7. The molecule has 1 fully saturated rings. The van der Waals surface area contributed by atoms with Crippen LogP contribution in [-0.4, -0.2) is 26.2 Å². The molecular weight excluding hydrogens is 607 g/mol. The zero-order valence-electron chi connectivity index (χ0n) is 23.7. The molecule has 0 amide bonds. The maximum atomic E-state index is 14.9. The molecule has 0 unspecified atom stereocenters. The molecule has 1 N–H and O–H groups in total. The fourth-order valence-corrected chi connectivity index (χ4v) is 5.24. The number of aliphatic hydroxyl groups is 1. The number of hydrogen-bond acceptors (Lipinski definition) is 5. The zero-order valence-corrected chi connectivity index (χ0v) is 23.7. The molecule has 0 radical (unpaired) electrons. The van der Waals surface area contributed by atoms with E-state index in [0.717, 1.165) is 18.2 Å². The standard InChI is InChI=1S/C32H24F7N3O3/c1-16-11-21(13-25(33)24(16)15-43)20-7-10-26(42-27(18-3-4-18)14-28(41-42)31(34,35)36)23(12-20)29-30(44-17(2)40-29)19-5-8-22(9-6-19)45-32(37,38)39/h5-14,18,43H,3-4,15H2,1-2H3. The third-order valence-electron chi connectivity index (χ3n) is 7.50. The molecule has 0 aliphatic heterocycles. The first-order valence-corrected chi connectivity index (χ1v) is 13.8. The molecule has 1 aliphatic carbocycles. The molecule has 13 heteroatoms. The lowest BCUT2D eigenvalue weighted by molar-refractivity contribution is -0.274. The number of hydrogen-bond donors (Lipinski definition) is 1. The summed E-state index contributed by atoms with van der Waals surface area (Å²) in [7, 11) is 0. The van der Waals surface area contributed by atoms with Crippen LogP contribution in [0.5, 0.6) is 5.75 Å². The fourth-order valence-electron chi connectivity index (χ4n) is 5.24. The topological polar surface area (TPSA) is 73.3 Å². The lowest BCUT2D eigenvalue weighted by Crippen LogP contribution is -2.16. The Kier molecular flexibility index (Phi) is 7.46. The van der Waals surface area contributed by atoms with Crippen LogP contribution in [0.15, 0.2) is 65.1 Å².